The molecule has 0 amide bonds. The van der Waals surface area contributed by atoms with Gasteiger partial charge in [0.2, 0.25) is 0 Å². The molecule has 0 radical (unpaired) electrons. The average Bonchev–Trinajstić information content (AvgIpc) is 2.82. The van der Waals surface area contributed by atoms with Crippen LogP contribution in [-0.2, 0) is 6.42 Å². The minimum absolute atomic E-state index is 0.349. The molecule has 18 heavy (non-hydrogen) atoms. The fraction of sp³-hybridized carbons (Fsp3) is 0.176. The van der Waals surface area contributed by atoms with Crippen molar-refractivity contribution in [1.29, 1.82) is 0 Å². The van der Waals surface area contributed by atoms with E-state index in [0.717, 1.165) is 12.0 Å². The third-order valence-corrected chi connectivity index (χ3v) is 3.53. The normalized spacial score (nSPS) is 15.1. The third-order valence-electron chi connectivity index (χ3n) is 3.53. The summed E-state index contributed by atoms with van der Waals surface area (Å²) in [7, 11) is 0. The lowest BCUT2D eigenvalue weighted by molar-refractivity contribution is 0.230. The zero-order chi connectivity index (χ0) is 12.5. The van der Waals surface area contributed by atoms with Gasteiger partial charge in [0.15, 0.2) is 0 Å². The van der Waals surface area contributed by atoms with E-state index in [9.17, 15) is 5.11 Å². The molecule has 0 saturated carbocycles. The molecule has 0 heterocycles. The van der Waals surface area contributed by atoms with Crippen molar-refractivity contribution in [2.75, 3.05) is 0 Å². The highest BCUT2D eigenvalue weighted by molar-refractivity contribution is 5.72. The zero-order valence-corrected chi connectivity index (χ0v) is 10.4. The van der Waals surface area contributed by atoms with Crippen LogP contribution >= 0.6 is 0 Å². The standard InChI is InChI=1S/C17H16O/c1-12(18)16-9-15-8-7-14(10-17(15)11-16)13-5-3-2-4-6-13/h2-8,10-12,18H,9H2,1H3. The Balaban J connectivity index is 2.01. The van der Waals surface area contributed by atoms with Crippen LogP contribution in [0.3, 0.4) is 0 Å². The number of fused-ring (bicyclic) bond motifs is 1. The van der Waals surface area contributed by atoms with Crippen molar-refractivity contribution >= 4 is 6.08 Å². The second-order valence-electron chi connectivity index (χ2n) is 4.85. The molecule has 3 rings (SSSR count). The summed E-state index contributed by atoms with van der Waals surface area (Å²) in [6.45, 7) is 1.83. The molecule has 2 aromatic rings. The summed E-state index contributed by atoms with van der Waals surface area (Å²) in [5.41, 5.74) is 6.13. The van der Waals surface area contributed by atoms with E-state index >= 15 is 0 Å². The Hall–Kier alpha value is -1.86. The van der Waals surface area contributed by atoms with Crippen LogP contribution in [0.25, 0.3) is 17.2 Å². The summed E-state index contributed by atoms with van der Waals surface area (Å²) >= 11 is 0. The number of hydrogen-bond donors (Lipinski definition) is 1. The lowest BCUT2D eigenvalue weighted by Gasteiger charge is -2.05. The number of aliphatic hydroxyl groups is 1. The van der Waals surface area contributed by atoms with Crippen LogP contribution in [0.4, 0.5) is 0 Å². The zero-order valence-electron chi connectivity index (χ0n) is 10.4. The molecule has 0 saturated heterocycles. The minimum Gasteiger partial charge on any atom is -0.389 e. The molecular formula is C17H16O. The maximum atomic E-state index is 9.64. The molecule has 0 fully saturated rings. The Labute approximate surface area is 107 Å². The first-order chi connectivity index (χ1) is 8.74. The number of aliphatic hydroxyl groups excluding tert-OH is 1. The van der Waals surface area contributed by atoms with Crippen molar-refractivity contribution in [2.24, 2.45) is 0 Å². The fourth-order valence-corrected chi connectivity index (χ4v) is 2.44. The van der Waals surface area contributed by atoms with Gasteiger partial charge in [0.1, 0.15) is 0 Å². The van der Waals surface area contributed by atoms with Gasteiger partial charge in [-0.25, -0.2) is 0 Å². The van der Waals surface area contributed by atoms with Crippen LogP contribution in [0.1, 0.15) is 18.1 Å². The first kappa shape index (κ1) is 11.2. The molecule has 1 aliphatic rings. The molecule has 2 aromatic carbocycles. The molecule has 1 atom stereocenters. The van der Waals surface area contributed by atoms with Gasteiger partial charge in [-0.05, 0) is 47.2 Å². The highest BCUT2D eigenvalue weighted by Crippen LogP contribution is 2.30. The highest BCUT2D eigenvalue weighted by atomic mass is 16.3. The predicted octanol–water partition coefficient (Wildman–Crippen LogP) is 3.67. The predicted molar refractivity (Wildman–Crippen MR) is 75.2 cm³/mol. The van der Waals surface area contributed by atoms with E-state index in [1.807, 2.05) is 13.0 Å². The first-order valence-electron chi connectivity index (χ1n) is 6.31. The Morgan fingerprint density at radius 2 is 1.78 bits per heavy atom. The second kappa shape index (κ2) is 4.43. The lowest BCUT2D eigenvalue weighted by Crippen LogP contribution is -2.03. The topological polar surface area (TPSA) is 20.2 Å². The molecular weight excluding hydrogens is 220 g/mol. The molecule has 1 unspecified atom stereocenters. The monoisotopic (exact) mass is 236 g/mol. The van der Waals surface area contributed by atoms with Gasteiger partial charge in [-0.1, -0.05) is 48.5 Å². The van der Waals surface area contributed by atoms with Crippen LogP contribution in [0, 0.1) is 0 Å². The van der Waals surface area contributed by atoms with Crippen molar-refractivity contribution in [2.45, 2.75) is 19.4 Å². The van der Waals surface area contributed by atoms with E-state index in [1.54, 1.807) is 0 Å². The third kappa shape index (κ3) is 1.98. The maximum Gasteiger partial charge on any atom is 0.0728 e. The summed E-state index contributed by atoms with van der Waals surface area (Å²) in [5.74, 6) is 0. The van der Waals surface area contributed by atoms with E-state index in [4.69, 9.17) is 0 Å². The van der Waals surface area contributed by atoms with Gasteiger partial charge in [-0.3, -0.25) is 0 Å². The Kier molecular flexibility index (Phi) is 2.77. The largest absolute Gasteiger partial charge is 0.389 e. The minimum atomic E-state index is -0.349. The average molecular weight is 236 g/mol. The van der Waals surface area contributed by atoms with E-state index in [1.165, 1.54) is 22.3 Å². The van der Waals surface area contributed by atoms with Gasteiger partial charge in [0.05, 0.1) is 6.10 Å². The molecule has 0 aliphatic heterocycles. The van der Waals surface area contributed by atoms with E-state index in [0.29, 0.717) is 0 Å². The fourth-order valence-electron chi connectivity index (χ4n) is 2.44. The summed E-state index contributed by atoms with van der Waals surface area (Å²) in [6.07, 6.45) is 2.65. The highest BCUT2D eigenvalue weighted by Gasteiger charge is 2.16. The quantitative estimate of drug-likeness (QED) is 0.843. The number of rotatable bonds is 2. The van der Waals surface area contributed by atoms with E-state index in [-0.39, 0.29) is 6.10 Å². The molecule has 90 valence electrons. The van der Waals surface area contributed by atoms with Crippen molar-refractivity contribution in [1.82, 2.24) is 0 Å². The Morgan fingerprint density at radius 1 is 1.00 bits per heavy atom. The summed E-state index contributed by atoms with van der Waals surface area (Å²) in [6, 6.07) is 16.9. The second-order valence-corrected chi connectivity index (χ2v) is 4.85. The molecule has 0 spiro atoms. The molecule has 0 bridgehead atoms. The van der Waals surface area contributed by atoms with Crippen LogP contribution in [-0.4, -0.2) is 11.2 Å². The molecule has 1 heteroatoms. The summed E-state index contributed by atoms with van der Waals surface area (Å²) in [4.78, 5) is 0. The molecule has 0 aromatic heterocycles. The molecule has 1 N–H and O–H groups in total. The maximum absolute atomic E-state index is 9.64. The van der Waals surface area contributed by atoms with Crippen LogP contribution in [0.15, 0.2) is 54.1 Å². The molecule has 1 nitrogen and oxygen atoms in total. The van der Waals surface area contributed by atoms with Gasteiger partial charge in [0, 0.05) is 0 Å². The van der Waals surface area contributed by atoms with Gasteiger partial charge >= 0.3 is 0 Å². The first-order valence-corrected chi connectivity index (χ1v) is 6.31. The van der Waals surface area contributed by atoms with Gasteiger partial charge in [-0.2, -0.15) is 0 Å². The van der Waals surface area contributed by atoms with Crippen molar-refractivity contribution in [3.63, 3.8) is 0 Å². The van der Waals surface area contributed by atoms with Crippen molar-refractivity contribution in [3.8, 4) is 11.1 Å². The lowest BCUT2D eigenvalue weighted by atomic mass is 10.0. The van der Waals surface area contributed by atoms with Crippen LogP contribution < -0.4 is 0 Å². The van der Waals surface area contributed by atoms with Crippen LogP contribution in [0.5, 0.6) is 0 Å². The van der Waals surface area contributed by atoms with Gasteiger partial charge in [0.25, 0.3) is 0 Å². The SMILES string of the molecule is CC(O)C1=Cc2cc(-c3ccccc3)ccc2C1. The molecule has 1 aliphatic carbocycles. The van der Waals surface area contributed by atoms with Crippen molar-refractivity contribution in [3.05, 3.63) is 65.2 Å². The van der Waals surface area contributed by atoms with Crippen molar-refractivity contribution < 1.29 is 5.11 Å². The number of hydrogen-bond acceptors (Lipinski definition) is 1. The number of benzene rings is 2. The summed E-state index contributed by atoms with van der Waals surface area (Å²) < 4.78 is 0. The van der Waals surface area contributed by atoms with Gasteiger partial charge in [-0.15, -0.1) is 0 Å². The smallest absolute Gasteiger partial charge is 0.0728 e. The van der Waals surface area contributed by atoms with Gasteiger partial charge < -0.3 is 5.11 Å². The van der Waals surface area contributed by atoms with Crippen LogP contribution in [0.2, 0.25) is 0 Å². The summed E-state index contributed by atoms with van der Waals surface area (Å²) in [5, 5.41) is 9.64. The Morgan fingerprint density at radius 3 is 2.50 bits per heavy atom. The van der Waals surface area contributed by atoms with E-state index < -0.39 is 0 Å². The Bertz CT molecular complexity index is 594. The van der Waals surface area contributed by atoms with E-state index in [2.05, 4.69) is 48.5 Å².